The van der Waals surface area contributed by atoms with Crippen LogP contribution in [0.2, 0.25) is 0 Å². The van der Waals surface area contributed by atoms with Gasteiger partial charge in [0.05, 0.1) is 11.8 Å². The van der Waals surface area contributed by atoms with Gasteiger partial charge in [-0.1, -0.05) is 19.4 Å². The molecule has 1 N–H and O–H groups in total. The predicted molar refractivity (Wildman–Crippen MR) is 73.3 cm³/mol. The summed E-state index contributed by atoms with van der Waals surface area (Å²) in [5, 5.41) is 9.90. The number of aliphatic hydroxyl groups is 1. The first-order chi connectivity index (χ1) is 8.69. The van der Waals surface area contributed by atoms with Gasteiger partial charge < -0.3 is 5.11 Å². The molecule has 18 heavy (non-hydrogen) atoms. The minimum atomic E-state index is -0.0930. The van der Waals surface area contributed by atoms with Gasteiger partial charge in [0.2, 0.25) is 0 Å². The molecule has 0 radical (unpaired) electrons. The van der Waals surface area contributed by atoms with Crippen molar-refractivity contribution < 1.29 is 5.11 Å². The van der Waals surface area contributed by atoms with Crippen LogP contribution in [0.3, 0.4) is 0 Å². The number of rotatable bonds is 5. The highest BCUT2D eigenvalue weighted by Gasteiger charge is 2.26. The minimum absolute atomic E-state index is 0.0930. The van der Waals surface area contributed by atoms with Gasteiger partial charge in [0.15, 0.2) is 0 Å². The number of hydrogen-bond donors (Lipinski definition) is 1. The van der Waals surface area contributed by atoms with E-state index in [2.05, 4.69) is 28.9 Å². The molecule has 3 nitrogen and oxygen atoms in total. The predicted octanol–water partition coefficient (Wildman–Crippen LogP) is 2.37. The molecule has 0 spiro atoms. The summed E-state index contributed by atoms with van der Waals surface area (Å²) in [6.07, 6.45) is 3.22. The fourth-order valence-electron chi connectivity index (χ4n) is 2.78. The van der Waals surface area contributed by atoms with Gasteiger partial charge in [0.1, 0.15) is 0 Å². The molecule has 100 valence electrons. The molecule has 0 aromatic carbocycles. The average Bonchev–Trinajstić information content (AvgIpc) is 2.74. The van der Waals surface area contributed by atoms with Crippen LogP contribution < -0.4 is 0 Å². The van der Waals surface area contributed by atoms with E-state index in [0.29, 0.717) is 5.92 Å². The first-order valence-electron chi connectivity index (χ1n) is 7.02. The maximum Gasteiger partial charge on any atom is 0.0580 e. The topological polar surface area (TPSA) is 36.4 Å². The smallest absolute Gasteiger partial charge is 0.0580 e. The van der Waals surface area contributed by atoms with Gasteiger partial charge >= 0.3 is 0 Å². The largest absolute Gasteiger partial charge is 0.393 e. The van der Waals surface area contributed by atoms with Crippen LogP contribution in [0.4, 0.5) is 0 Å². The summed E-state index contributed by atoms with van der Waals surface area (Å²) in [7, 11) is 0. The molecule has 0 saturated heterocycles. The van der Waals surface area contributed by atoms with Crippen LogP contribution in [0.1, 0.15) is 37.6 Å². The summed E-state index contributed by atoms with van der Waals surface area (Å²) >= 11 is 0. The van der Waals surface area contributed by atoms with E-state index in [9.17, 15) is 5.11 Å². The van der Waals surface area contributed by atoms with Gasteiger partial charge in [0.25, 0.3) is 0 Å². The van der Waals surface area contributed by atoms with Crippen molar-refractivity contribution in [1.82, 2.24) is 9.88 Å². The molecule has 3 heteroatoms. The van der Waals surface area contributed by atoms with Crippen molar-refractivity contribution in [2.75, 3.05) is 13.1 Å². The molecule has 1 fully saturated rings. The summed E-state index contributed by atoms with van der Waals surface area (Å²) in [6.45, 7) is 7.10. The Hall–Kier alpha value is -0.930. The number of aliphatic hydroxyl groups excluding tert-OH is 1. The standard InChI is InChI=1S/C15H24N2O/c1-3-17(10-13-7-5-9-15(13)18)11-14-8-4-6-12(2)16-14/h4,6,8,13,15,18H,3,5,7,9-11H2,1-2H3. The molecule has 0 bridgehead atoms. The Morgan fingerprint density at radius 2 is 2.22 bits per heavy atom. The lowest BCUT2D eigenvalue weighted by Gasteiger charge is -2.25. The molecule has 2 rings (SSSR count). The molecule has 2 unspecified atom stereocenters. The molecule has 1 heterocycles. The second kappa shape index (κ2) is 6.30. The Bertz CT molecular complexity index is 381. The molecule has 0 amide bonds. The number of nitrogens with zero attached hydrogens (tertiary/aromatic N) is 2. The zero-order chi connectivity index (χ0) is 13.0. The van der Waals surface area contributed by atoms with Crippen molar-refractivity contribution in [2.45, 2.75) is 45.8 Å². The highest BCUT2D eigenvalue weighted by molar-refractivity contribution is 5.09. The fraction of sp³-hybridized carbons (Fsp3) is 0.667. The first-order valence-corrected chi connectivity index (χ1v) is 7.02. The van der Waals surface area contributed by atoms with Crippen molar-refractivity contribution in [3.8, 4) is 0 Å². The Morgan fingerprint density at radius 3 is 2.83 bits per heavy atom. The van der Waals surface area contributed by atoms with Crippen LogP contribution in [0.5, 0.6) is 0 Å². The molecule has 1 aromatic rings. The molecular weight excluding hydrogens is 224 g/mol. The van der Waals surface area contributed by atoms with Gasteiger partial charge in [-0.25, -0.2) is 0 Å². The molecule has 1 aliphatic carbocycles. The van der Waals surface area contributed by atoms with E-state index in [-0.39, 0.29) is 6.10 Å². The number of aromatic nitrogens is 1. The molecule has 2 atom stereocenters. The number of pyridine rings is 1. The molecule has 1 saturated carbocycles. The van der Waals surface area contributed by atoms with Crippen molar-refractivity contribution in [3.63, 3.8) is 0 Å². The van der Waals surface area contributed by atoms with E-state index in [0.717, 1.165) is 37.4 Å². The SMILES string of the molecule is CCN(Cc1cccc(C)n1)CC1CCCC1O. The maximum atomic E-state index is 9.90. The van der Waals surface area contributed by atoms with Crippen molar-refractivity contribution >= 4 is 0 Å². The Labute approximate surface area is 110 Å². The zero-order valence-electron chi connectivity index (χ0n) is 11.5. The monoisotopic (exact) mass is 248 g/mol. The molecular formula is C15H24N2O. The minimum Gasteiger partial charge on any atom is -0.393 e. The van der Waals surface area contributed by atoms with Gasteiger partial charge in [-0.15, -0.1) is 0 Å². The van der Waals surface area contributed by atoms with E-state index in [1.807, 2.05) is 13.0 Å². The molecule has 1 aliphatic rings. The van der Waals surface area contributed by atoms with E-state index < -0.39 is 0 Å². The van der Waals surface area contributed by atoms with E-state index in [1.165, 1.54) is 12.8 Å². The Kier molecular flexibility index (Phi) is 4.72. The highest BCUT2D eigenvalue weighted by Crippen LogP contribution is 2.26. The zero-order valence-corrected chi connectivity index (χ0v) is 11.5. The lowest BCUT2D eigenvalue weighted by molar-refractivity contribution is 0.101. The van der Waals surface area contributed by atoms with Crippen molar-refractivity contribution in [3.05, 3.63) is 29.6 Å². The van der Waals surface area contributed by atoms with Crippen LogP contribution in [0.25, 0.3) is 0 Å². The van der Waals surface area contributed by atoms with Crippen LogP contribution in [-0.2, 0) is 6.54 Å². The van der Waals surface area contributed by atoms with Gasteiger partial charge in [-0.3, -0.25) is 9.88 Å². The summed E-state index contributed by atoms with van der Waals surface area (Å²) < 4.78 is 0. The van der Waals surface area contributed by atoms with Gasteiger partial charge in [-0.2, -0.15) is 0 Å². The molecule has 1 aromatic heterocycles. The first kappa shape index (κ1) is 13.5. The van der Waals surface area contributed by atoms with E-state index in [4.69, 9.17) is 0 Å². The summed E-state index contributed by atoms with van der Waals surface area (Å²) in [5.74, 6) is 0.453. The quantitative estimate of drug-likeness (QED) is 0.869. The Balaban J connectivity index is 1.92. The lowest BCUT2D eigenvalue weighted by Crippen LogP contribution is -2.32. The number of hydrogen-bond acceptors (Lipinski definition) is 3. The highest BCUT2D eigenvalue weighted by atomic mass is 16.3. The number of aryl methyl sites for hydroxylation is 1. The lowest BCUT2D eigenvalue weighted by atomic mass is 10.1. The normalized spacial score (nSPS) is 23.8. The third-order valence-electron chi connectivity index (χ3n) is 3.89. The van der Waals surface area contributed by atoms with Gasteiger partial charge in [-0.05, 0) is 44.4 Å². The van der Waals surface area contributed by atoms with E-state index in [1.54, 1.807) is 0 Å². The maximum absolute atomic E-state index is 9.90. The summed E-state index contributed by atoms with van der Waals surface area (Å²) in [4.78, 5) is 6.94. The van der Waals surface area contributed by atoms with E-state index >= 15 is 0 Å². The van der Waals surface area contributed by atoms with Crippen LogP contribution >= 0.6 is 0 Å². The Morgan fingerprint density at radius 1 is 1.39 bits per heavy atom. The van der Waals surface area contributed by atoms with Crippen LogP contribution in [-0.4, -0.2) is 34.2 Å². The fourth-order valence-corrected chi connectivity index (χ4v) is 2.78. The average molecular weight is 248 g/mol. The van der Waals surface area contributed by atoms with Crippen LogP contribution in [0, 0.1) is 12.8 Å². The third-order valence-corrected chi connectivity index (χ3v) is 3.89. The van der Waals surface area contributed by atoms with Crippen molar-refractivity contribution in [2.24, 2.45) is 5.92 Å². The van der Waals surface area contributed by atoms with Crippen LogP contribution in [0.15, 0.2) is 18.2 Å². The van der Waals surface area contributed by atoms with Crippen molar-refractivity contribution in [1.29, 1.82) is 0 Å². The summed E-state index contributed by atoms with van der Waals surface area (Å²) in [6, 6.07) is 6.18. The van der Waals surface area contributed by atoms with Gasteiger partial charge in [0, 0.05) is 18.8 Å². The molecule has 0 aliphatic heterocycles. The third kappa shape index (κ3) is 3.53. The summed E-state index contributed by atoms with van der Waals surface area (Å²) in [5.41, 5.74) is 2.20. The second-order valence-corrected chi connectivity index (χ2v) is 5.36. The second-order valence-electron chi connectivity index (χ2n) is 5.36.